The zero-order chi connectivity index (χ0) is 11.2. The molecule has 86 valence electrons. The maximum atomic E-state index is 10.8. The average Bonchev–Trinajstić information content (AvgIpc) is 2.54. The van der Waals surface area contributed by atoms with Crippen molar-refractivity contribution in [3.8, 4) is 0 Å². The number of aliphatic hydroxyl groups is 1. The topological polar surface area (TPSA) is 23.5 Å². The Labute approximate surface area is 96.9 Å². The molecule has 0 radical (unpaired) electrons. The number of fused-ring (bicyclic) bond motifs is 2. The van der Waals surface area contributed by atoms with Crippen molar-refractivity contribution < 1.29 is 5.11 Å². The van der Waals surface area contributed by atoms with Crippen LogP contribution in [0.1, 0.15) is 31.2 Å². The van der Waals surface area contributed by atoms with E-state index in [1.54, 1.807) is 0 Å². The summed E-state index contributed by atoms with van der Waals surface area (Å²) in [6.45, 7) is 0. The Hall–Kier alpha value is -0.860. The molecular formula is C14H19NO. The van der Waals surface area contributed by atoms with E-state index in [0.717, 1.165) is 18.4 Å². The van der Waals surface area contributed by atoms with E-state index in [9.17, 15) is 5.11 Å². The molecule has 2 atom stereocenters. The van der Waals surface area contributed by atoms with Crippen molar-refractivity contribution in [2.45, 2.75) is 43.4 Å². The molecule has 0 unspecified atom stereocenters. The summed E-state index contributed by atoms with van der Waals surface area (Å²) in [5.74, 6) is 0. The number of rotatable bonds is 1. The minimum absolute atomic E-state index is 0.573. The van der Waals surface area contributed by atoms with Gasteiger partial charge in [-0.05, 0) is 38.3 Å². The van der Waals surface area contributed by atoms with E-state index in [1.165, 1.54) is 12.8 Å². The standard InChI is InChI=1S/C14H19NO/c1-15-12-7-8-13(15)10-14(16,9-12)11-5-3-2-4-6-11/h2-6,12-13,16H,7-10H2,1H3/t12-,13-/m0/s1. The van der Waals surface area contributed by atoms with E-state index in [1.807, 2.05) is 18.2 Å². The fraction of sp³-hybridized carbons (Fsp3) is 0.571. The molecule has 2 heteroatoms. The van der Waals surface area contributed by atoms with Crippen LogP contribution in [-0.4, -0.2) is 29.1 Å². The van der Waals surface area contributed by atoms with Gasteiger partial charge in [-0.3, -0.25) is 0 Å². The number of piperidine rings is 1. The quantitative estimate of drug-likeness (QED) is 0.779. The summed E-state index contributed by atoms with van der Waals surface area (Å²) >= 11 is 0. The molecule has 0 amide bonds. The van der Waals surface area contributed by atoms with Crippen LogP contribution >= 0.6 is 0 Å². The predicted molar refractivity (Wildman–Crippen MR) is 64.1 cm³/mol. The molecule has 0 aromatic heterocycles. The van der Waals surface area contributed by atoms with Gasteiger partial charge in [-0.15, -0.1) is 0 Å². The van der Waals surface area contributed by atoms with E-state index in [4.69, 9.17) is 0 Å². The Balaban J connectivity index is 1.91. The predicted octanol–water partition coefficient (Wildman–Crippen LogP) is 2.13. The van der Waals surface area contributed by atoms with Gasteiger partial charge in [0.1, 0.15) is 0 Å². The van der Waals surface area contributed by atoms with Gasteiger partial charge in [-0.1, -0.05) is 30.3 Å². The fourth-order valence-electron chi connectivity index (χ4n) is 3.43. The Morgan fingerprint density at radius 3 is 2.25 bits per heavy atom. The van der Waals surface area contributed by atoms with Crippen molar-refractivity contribution in [2.24, 2.45) is 0 Å². The zero-order valence-corrected chi connectivity index (χ0v) is 9.76. The normalized spacial score (nSPS) is 38.9. The lowest BCUT2D eigenvalue weighted by atomic mass is 9.81. The summed E-state index contributed by atoms with van der Waals surface area (Å²) in [5, 5.41) is 10.8. The molecule has 2 fully saturated rings. The zero-order valence-electron chi connectivity index (χ0n) is 9.76. The highest BCUT2D eigenvalue weighted by Gasteiger charge is 2.46. The SMILES string of the molecule is CN1[C@H]2CC[C@H]1CC(O)(c1ccccc1)C2. The molecule has 2 heterocycles. The van der Waals surface area contributed by atoms with Crippen molar-refractivity contribution in [3.05, 3.63) is 35.9 Å². The van der Waals surface area contributed by atoms with E-state index < -0.39 is 5.60 Å². The molecule has 3 rings (SSSR count). The second-order valence-corrected chi connectivity index (χ2v) is 5.36. The summed E-state index contributed by atoms with van der Waals surface area (Å²) in [7, 11) is 2.20. The molecule has 1 aromatic rings. The fourth-order valence-corrected chi connectivity index (χ4v) is 3.43. The highest BCUT2D eigenvalue weighted by atomic mass is 16.3. The van der Waals surface area contributed by atoms with E-state index >= 15 is 0 Å². The molecule has 2 bridgehead atoms. The summed E-state index contributed by atoms with van der Waals surface area (Å²) in [5.41, 5.74) is 0.513. The van der Waals surface area contributed by atoms with Gasteiger partial charge in [0.25, 0.3) is 0 Å². The Bertz CT molecular complexity index is 362. The van der Waals surface area contributed by atoms with Gasteiger partial charge in [0.15, 0.2) is 0 Å². The van der Waals surface area contributed by atoms with Gasteiger partial charge in [-0.25, -0.2) is 0 Å². The summed E-state index contributed by atoms with van der Waals surface area (Å²) in [4.78, 5) is 2.46. The van der Waals surface area contributed by atoms with Crippen LogP contribution in [0.4, 0.5) is 0 Å². The lowest BCUT2D eigenvalue weighted by Gasteiger charge is -2.42. The lowest BCUT2D eigenvalue weighted by Crippen LogP contribution is -2.47. The molecule has 2 aliphatic rings. The molecule has 0 spiro atoms. The van der Waals surface area contributed by atoms with Crippen LogP contribution in [-0.2, 0) is 5.60 Å². The van der Waals surface area contributed by atoms with Crippen molar-refractivity contribution in [1.29, 1.82) is 0 Å². The van der Waals surface area contributed by atoms with Crippen LogP contribution in [0, 0.1) is 0 Å². The first-order valence-electron chi connectivity index (χ1n) is 6.19. The minimum atomic E-state index is -0.584. The summed E-state index contributed by atoms with van der Waals surface area (Å²) in [6.07, 6.45) is 4.28. The van der Waals surface area contributed by atoms with E-state index in [2.05, 4.69) is 24.1 Å². The van der Waals surface area contributed by atoms with Gasteiger partial charge in [0, 0.05) is 12.1 Å². The molecule has 16 heavy (non-hydrogen) atoms. The minimum Gasteiger partial charge on any atom is -0.385 e. The molecular weight excluding hydrogens is 198 g/mol. The van der Waals surface area contributed by atoms with Gasteiger partial charge in [-0.2, -0.15) is 0 Å². The molecule has 1 aromatic carbocycles. The van der Waals surface area contributed by atoms with Crippen molar-refractivity contribution in [2.75, 3.05) is 7.05 Å². The second kappa shape index (κ2) is 3.57. The molecule has 0 saturated carbocycles. The molecule has 0 aliphatic carbocycles. The van der Waals surface area contributed by atoms with Crippen molar-refractivity contribution in [3.63, 3.8) is 0 Å². The number of benzene rings is 1. The van der Waals surface area contributed by atoms with Gasteiger partial charge >= 0.3 is 0 Å². The number of hydrogen-bond acceptors (Lipinski definition) is 2. The first-order chi connectivity index (χ1) is 7.69. The molecule has 2 saturated heterocycles. The third kappa shape index (κ3) is 1.48. The third-order valence-corrected chi connectivity index (χ3v) is 4.44. The Morgan fingerprint density at radius 2 is 1.69 bits per heavy atom. The Morgan fingerprint density at radius 1 is 1.12 bits per heavy atom. The second-order valence-electron chi connectivity index (χ2n) is 5.36. The molecule has 2 aliphatic heterocycles. The van der Waals surface area contributed by atoms with Crippen LogP contribution in [0.15, 0.2) is 30.3 Å². The lowest BCUT2D eigenvalue weighted by molar-refractivity contribution is -0.0493. The van der Waals surface area contributed by atoms with Gasteiger partial charge in [0.05, 0.1) is 5.60 Å². The largest absolute Gasteiger partial charge is 0.385 e. The third-order valence-electron chi connectivity index (χ3n) is 4.44. The van der Waals surface area contributed by atoms with Crippen LogP contribution in [0.2, 0.25) is 0 Å². The first kappa shape index (κ1) is 10.3. The van der Waals surface area contributed by atoms with Gasteiger partial charge in [0.2, 0.25) is 0 Å². The van der Waals surface area contributed by atoms with E-state index in [-0.39, 0.29) is 0 Å². The molecule has 2 nitrogen and oxygen atoms in total. The van der Waals surface area contributed by atoms with Crippen molar-refractivity contribution in [1.82, 2.24) is 4.90 Å². The smallest absolute Gasteiger partial charge is 0.0926 e. The summed E-state index contributed by atoms with van der Waals surface area (Å²) in [6, 6.07) is 11.3. The average molecular weight is 217 g/mol. The van der Waals surface area contributed by atoms with Crippen LogP contribution in [0.25, 0.3) is 0 Å². The number of hydrogen-bond donors (Lipinski definition) is 1. The highest BCUT2D eigenvalue weighted by Crippen LogP contribution is 2.44. The number of nitrogens with zero attached hydrogens (tertiary/aromatic N) is 1. The van der Waals surface area contributed by atoms with Crippen LogP contribution in [0.5, 0.6) is 0 Å². The van der Waals surface area contributed by atoms with Crippen LogP contribution in [0.3, 0.4) is 0 Å². The first-order valence-corrected chi connectivity index (χ1v) is 6.19. The monoisotopic (exact) mass is 217 g/mol. The highest BCUT2D eigenvalue weighted by molar-refractivity contribution is 5.24. The van der Waals surface area contributed by atoms with Crippen LogP contribution < -0.4 is 0 Å². The maximum Gasteiger partial charge on any atom is 0.0926 e. The Kier molecular flexibility index (Phi) is 2.30. The maximum absolute atomic E-state index is 10.8. The van der Waals surface area contributed by atoms with Crippen molar-refractivity contribution >= 4 is 0 Å². The van der Waals surface area contributed by atoms with Gasteiger partial charge < -0.3 is 10.0 Å². The summed E-state index contributed by atoms with van der Waals surface area (Å²) < 4.78 is 0. The molecule has 1 N–H and O–H groups in total. The van der Waals surface area contributed by atoms with E-state index in [0.29, 0.717) is 12.1 Å².